The molecular weight excluding hydrogens is 824 g/mol. The molecule has 3 nitrogen and oxygen atoms in total. The molecule has 0 aliphatic rings. The molecule has 0 aliphatic heterocycles. The van der Waals surface area contributed by atoms with E-state index < -0.39 is 0 Å². The van der Waals surface area contributed by atoms with Crippen molar-refractivity contribution in [2.45, 2.75) is 9.65 Å². The minimum atomic E-state index is 0.231. The summed E-state index contributed by atoms with van der Waals surface area (Å²) in [6.07, 6.45) is 0. The van der Waals surface area contributed by atoms with E-state index in [9.17, 15) is 0 Å². The molecular formula is C18H15Br7O3. The minimum Gasteiger partial charge on any atom is -0.491 e. The average molecular weight is 839 g/mol. The highest BCUT2D eigenvalue weighted by atomic mass is 79.9. The molecule has 2 unspecified atom stereocenters. The molecule has 154 valence electrons. The highest BCUT2D eigenvalue weighted by Crippen LogP contribution is 2.40. The Bertz CT molecular complexity index is 765. The third kappa shape index (κ3) is 8.04. The summed E-state index contributed by atoms with van der Waals surface area (Å²) in [7, 11) is 0. The first-order valence-corrected chi connectivity index (χ1v) is 14.4. The first-order chi connectivity index (χ1) is 13.3. The molecule has 2 aromatic rings. The smallest absolute Gasteiger partial charge is 0.147 e. The summed E-state index contributed by atoms with van der Waals surface area (Å²) in [6.45, 7) is 1.11. The maximum Gasteiger partial charge on any atom is 0.147 e. The fraction of sp³-hybridized carbons (Fsp3) is 0.333. The predicted octanol–water partition coefficient (Wildman–Crippen LogP) is 8.84. The van der Waals surface area contributed by atoms with Gasteiger partial charge in [-0.05, 0) is 78.1 Å². The Hall–Kier alpha value is 1.20. The van der Waals surface area contributed by atoms with E-state index in [0.717, 1.165) is 35.6 Å². The molecule has 2 atom stereocenters. The van der Waals surface area contributed by atoms with Gasteiger partial charge in [-0.25, -0.2) is 0 Å². The topological polar surface area (TPSA) is 27.7 Å². The highest BCUT2D eigenvalue weighted by Gasteiger charge is 2.13. The number of hydrogen-bond donors (Lipinski definition) is 0. The van der Waals surface area contributed by atoms with Gasteiger partial charge in [-0.15, -0.1) is 0 Å². The lowest BCUT2D eigenvalue weighted by Crippen LogP contribution is -2.12. The van der Waals surface area contributed by atoms with Gasteiger partial charge >= 0.3 is 0 Å². The van der Waals surface area contributed by atoms with Crippen LogP contribution in [0.2, 0.25) is 0 Å². The summed E-state index contributed by atoms with van der Waals surface area (Å²) in [4.78, 5) is 0.481. The lowest BCUT2D eigenvalue weighted by Gasteiger charge is -2.15. The Kier molecular flexibility index (Phi) is 11.7. The van der Waals surface area contributed by atoms with Crippen molar-refractivity contribution in [3.63, 3.8) is 0 Å². The van der Waals surface area contributed by atoms with Crippen molar-refractivity contribution in [1.82, 2.24) is 0 Å². The van der Waals surface area contributed by atoms with Crippen molar-refractivity contribution >= 4 is 112 Å². The summed E-state index contributed by atoms with van der Waals surface area (Å²) >= 11 is 24.5. The molecule has 0 saturated carbocycles. The van der Waals surface area contributed by atoms with Gasteiger partial charge in [0.05, 0.1) is 23.1 Å². The molecule has 0 amide bonds. The maximum atomic E-state index is 5.99. The molecule has 0 bridgehead atoms. The first kappa shape index (κ1) is 25.5. The first-order valence-electron chi connectivity index (χ1n) is 7.96. The van der Waals surface area contributed by atoms with Gasteiger partial charge in [0.25, 0.3) is 0 Å². The van der Waals surface area contributed by atoms with Gasteiger partial charge in [-0.1, -0.05) is 63.7 Å². The van der Waals surface area contributed by atoms with E-state index in [2.05, 4.69) is 112 Å². The fourth-order valence-corrected chi connectivity index (χ4v) is 4.46. The molecule has 0 aromatic heterocycles. The standard InChI is InChI=1S/C18H15Br7O3/c19-6-10(21)8-26-17-2-1-12(3-14(17)23)28-13-4-15(24)18(16(25)5-13)27-9-11(22)7-20/h1-5,10-11H,6-9H2. The summed E-state index contributed by atoms with van der Waals surface area (Å²) < 4.78 is 20.1. The van der Waals surface area contributed by atoms with Gasteiger partial charge in [0.15, 0.2) is 0 Å². The normalized spacial score (nSPS) is 13.1. The number of halogens is 7. The van der Waals surface area contributed by atoms with E-state index >= 15 is 0 Å². The lowest BCUT2D eigenvalue weighted by atomic mass is 10.3. The molecule has 0 spiro atoms. The molecule has 0 radical (unpaired) electrons. The molecule has 28 heavy (non-hydrogen) atoms. The van der Waals surface area contributed by atoms with Crippen LogP contribution in [0.25, 0.3) is 0 Å². The zero-order valence-corrected chi connectivity index (χ0v) is 25.3. The predicted molar refractivity (Wildman–Crippen MR) is 140 cm³/mol. The Labute approximate surface area is 223 Å². The summed E-state index contributed by atoms with van der Waals surface area (Å²) in [5, 5.41) is 1.63. The Morgan fingerprint density at radius 3 is 1.79 bits per heavy atom. The number of ether oxygens (including phenoxy) is 3. The van der Waals surface area contributed by atoms with Crippen LogP contribution in [-0.4, -0.2) is 33.5 Å². The van der Waals surface area contributed by atoms with Crippen LogP contribution < -0.4 is 14.2 Å². The van der Waals surface area contributed by atoms with Crippen LogP contribution in [0.3, 0.4) is 0 Å². The molecule has 10 heteroatoms. The molecule has 0 saturated heterocycles. The molecule has 0 heterocycles. The van der Waals surface area contributed by atoms with Crippen LogP contribution in [0, 0.1) is 0 Å². The molecule has 0 N–H and O–H groups in total. The second kappa shape index (κ2) is 12.9. The monoisotopic (exact) mass is 832 g/mol. The van der Waals surface area contributed by atoms with Crippen molar-refractivity contribution < 1.29 is 14.2 Å². The SMILES string of the molecule is BrCC(Br)COc1ccc(Oc2cc(Br)c(OCC(Br)CBr)c(Br)c2)cc1Br. The van der Waals surface area contributed by atoms with Crippen LogP contribution in [0.5, 0.6) is 23.0 Å². The van der Waals surface area contributed by atoms with Crippen molar-refractivity contribution in [2.24, 2.45) is 0 Å². The third-order valence-corrected chi connectivity index (χ3v) is 9.55. The Morgan fingerprint density at radius 2 is 1.25 bits per heavy atom. The van der Waals surface area contributed by atoms with Crippen molar-refractivity contribution in [1.29, 1.82) is 0 Å². The van der Waals surface area contributed by atoms with Gasteiger partial charge in [0, 0.05) is 10.7 Å². The lowest BCUT2D eigenvalue weighted by molar-refractivity contribution is 0.320. The van der Waals surface area contributed by atoms with Gasteiger partial charge < -0.3 is 14.2 Å². The fourth-order valence-electron chi connectivity index (χ4n) is 1.97. The van der Waals surface area contributed by atoms with Crippen LogP contribution in [-0.2, 0) is 0 Å². The number of rotatable bonds is 10. The minimum absolute atomic E-state index is 0.231. The Balaban J connectivity index is 2.07. The maximum absolute atomic E-state index is 5.99. The van der Waals surface area contributed by atoms with E-state index in [1.165, 1.54) is 0 Å². The molecule has 2 aromatic carbocycles. The van der Waals surface area contributed by atoms with E-state index in [4.69, 9.17) is 14.2 Å². The van der Waals surface area contributed by atoms with Gasteiger partial charge in [0.1, 0.15) is 36.2 Å². The highest BCUT2D eigenvalue weighted by molar-refractivity contribution is 9.12. The van der Waals surface area contributed by atoms with Crippen LogP contribution >= 0.6 is 112 Å². The molecule has 0 aliphatic carbocycles. The van der Waals surface area contributed by atoms with Crippen molar-refractivity contribution in [3.05, 3.63) is 43.7 Å². The number of hydrogen-bond acceptors (Lipinski definition) is 3. The van der Waals surface area contributed by atoms with Crippen LogP contribution in [0.4, 0.5) is 0 Å². The second-order valence-corrected chi connectivity index (χ2v) is 12.0. The van der Waals surface area contributed by atoms with Crippen LogP contribution in [0.15, 0.2) is 43.7 Å². The van der Waals surface area contributed by atoms with Gasteiger partial charge in [-0.2, -0.15) is 0 Å². The number of alkyl halides is 4. The molecule has 0 fully saturated rings. The zero-order chi connectivity index (χ0) is 20.7. The largest absolute Gasteiger partial charge is 0.491 e. The van der Waals surface area contributed by atoms with Crippen molar-refractivity contribution in [3.8, 4) is 23.0 Å². The van der Waals surface area contributed by atoms with Crippen LogP contribution in [0.1, 0.15) is 0 Å². The van der Waals surface area contributed by atoms with Crippen molar-refractivity contribution in [2.75, 3.05) is 23.9 Å². The number of benzene rings is 2. The quantitative estimate of drug-likeness (QED) is 0.224. The van der Waals surface area contributed by atoms with E-state index in [0.29, 0.717) is 24.7 Å². The zero-order valence-electron chi connectivity index (χ0n) is 14.2. The third-order valence-electron chi connectivity index (χ3n) is 3.27. The Morgan fingerprint density at radius 1 is 0.714 bits per heavy atom. The second-order valence-electron chi connectivity index (χ2n) is 5.54. The van der Waals surface area contributed by atoms with E-state index in [1.54, 1.807) is 0 Å². The van der Waals surface area contributed by atoms with Gasteiger partial charge in [0.2, 0.25) is 0 Å². The average Bonchev–Trinajstić information content (AvgIpc) is 2.66. The molecule has 2 rings (SSSR count). The summed E-state index contributed by atoms with van der Waals surface area (Å²) in [6, 6.07) is 9.38. The van der Waals surface area contributed by atoms with E-state index in [1.807, 2.05) is 30.3 Å². The van der Waals surface area contributed by atoms with Gasteiger partial charge in [-0.3, -0.25) is 0 Å². The summed E-state index contributed by atoms with van der Waals surface area (Å²) in [5.41, 5.74) is 0. The summed E-state index contributed by atoms with van der Waals surface area (Å²) in [5.74, 6) is 2.88. The van der Waals surface area contributed by atoms with E-state index in [-0.39, 0.29) is 9.65 Å².